The summed E-state index contributed by atoms with van der Waals surface area (Å²) in [6, 6.07) is 4.57. The lowest BCUT2D eigenvalue weighted by molar-refractivity contribution is -0.140. The van der Waals surface area contributed by atoms with E-state index in [1.54, 1.807) is 12.1 Å². The number of fused-ring (bicyclic) bond motifs is 1. The van der Waals surface area contributed by atoms with Crippen molar-refractivity contribution in [1.82, 2.24) is 15.3 Å². The fourth-order valence-corrected chi connectivity index (χ4v) is 3.44. The van der Waals surface area contributed by atoms with Crippen molar-refractivity contribution in [3.05, 3.63) is 51.3 Å². The lowest BCUT2D eigenvalue weighted by atomic mass is 9.90. The van der Waals surface area contributed by atoms with E-state index in [2.05, 4.69) is 20.6 Å². The number of nitrogens with zero attached hydrogens (tertiary/aromatic N) is 1. The molecule has 1 aromatic heterocycles. The van der Waals surface area contributed by atoms with Gasteiger partial charge in [-0.25, -0.2) is 4.79 Å². The van der Waals surface area contributed by atoms with Gasteiger partial charge in [-0.3, -0.25) is 24.2 Å². The smallest absolute Gasteiger partial charge is 0.326 e. The first-order valence-corrected chi connectivity index (χ1v) is 9.79. The van der Waals surface area contributed by atoms with Gasteiger partial charge in [0.05, 0.1) is 0 Å². The van der Waals surface area contributed by atoms with Gasteiger partial charge in [0, 0.05) is 12.0 Å². The second kappa shape index (κ2) is 9.08. The number of hydrogen-bond acceptors (Lipinski definition) is 8. The quantitative estimate of drug-likeness (QED) is 0.246. The van der Waals surface area contributed by atoms with E-state index in [4.69, 9.17) is 15.9 Å². The van der Waals surface area contributed by atoms with Crippen molar-refractivity contribution in [3.8, 4) is 0 Å². The summed E-state index contributed by atoms with van der Waals surface area (Å²) < 4.78 is 0. The van der Waals surface area contributed by atoms with Crippen LogP contribution in [-0.2, 0) is 26.4 Å². The SMILES string of the molecule is Nc1nc2c(c(=O)[nH]1)[C@@](O)(CCc1ccc(C(=O)N[C@@H](CCC(=O)O)C(=O)O)cc1)C(=O)N2. The first kappa shape index (κ1) is 23.4. The lowest BCUT2D eigenvalue weighted by Gasteiger charge is -2.19. The van der Waals surface area contributed by atoms with Gasteiger partial charge in [0.25, 0.3) is 17.4 Å². The molecular formula is C20H21N5O8. The van der Waals surface area contributed by atoms with E-state index in [0.29, 0.717) is 5.56 Å². The maximum atomic E-state index is 12.3. The maximum absolute atomic E-state index is 12.3. The van der Waals surface area contributed by atoms with Crippen LogP contribution in [0.3, 0.4) is 0 Å². The topological polar surface area (TPSA) is 225 Å². The molecule has 174 valence electrons. The van der Waals surface area contributed by atoms with Crippen molar-refractivity contribution in [2.75, 3.05) is 11.1 Å². The van der Waals surface area contributed by atoms with E-state index in [0.717, 1.165) is 0 Å². The average Bonchev–Trinajstić information content (AvgIpc) is 2.99. The number of H-pyrrole nitrogens is 1. The zero-order valence-electron chi connectivity index (χ0n) is 17.1. The summed E-state index contributed by atoms with van der Waals surface area (Å²) in [7, 11) is 0. The number of hydrogen-bond donors (Lipinski definition) is 7. The van der Waals surface area contributed by atoms with Crippen molar-refractivity contribution in [1.29, 1.82) is 0 Å². The zero-order valence-corrected chi connectivity index (χ0v) is 17.1. The van der Waals surface area contributed by atoms with Crippen LogP contribution in [0.15, 0.2) is 29.1 Å². The summed E-state index contributed by atoms with van der Waals surface area (Å²) in [5.74, 6) is -4.34. The number of aliphatic carboxylic acids is 2. The number of anilines is 2. The lowest BCUT2D eigenvalue weighted by Crippen LogP contribution is -2.41. The van der Waals surface area contributed by atoms with Gasteiger partial charge in [-0.15, -0.1) is 0 Å². The first-order chi connectivity index (χ1) is 15.5. The minimum absolute atomic E-state index is 0.105. The van der Waals surface area contributed by atoms with Crippen LogP contribution in [0.2, 0.25) is 0 Å². The predicted octanol–water partition coefficient (Wildman–Crippen LogP) is -0.828. The minimum Gasteiger partial charge on any atom is -0.481 e. The van der Waals surface area contributed by atoms with Gasteiger partial charge >= 0.3 is 11.9 Å². The summed E-state index contributed by atoms with van der Waals surface area (Å²) >= 11 is 0. The molecule has 0 radical (unpaired) electrons. The molecule has 2 amide bonds. The Morgan fingerprint density at radius 2 is 1.82 bits per heavy atom. The van der Waals surface area contributed by atoms with E-state index >= 15 is 0 Å². The third kappa shape index (κ3) is 4.98. The number of nitrogen functional groups attached to an aromatic ring is 1. The summed E-state index contributed by atoms with van der Waals surface area (Å²) in [6.45, 7) is 0. The van der Waals surface area contributed by atoms with E-state index < -0.39 is 47.4 Å². The molecule has 0 bridgehead atoms. The molecule has 3 rings (SSSR count). The molecule has 1 aliphatic heterocycles. The Hall–Kier alpha value is -4.26. The van der Waals surface area contributed by atoms with Crippen LogP contribution in [0, 0.1) is 0 Å². The number of rotatable bonds is 9. The second-order valence-corrected chi connectivity index (χ2v) is 7.48. The highest BCUT2D eigenvalue weighted by atomic mass is 16.4. The highest BCUT2D eigenvalue weighted by Crippen LogP contribution is 2.35. The number of aryl methyl sites for hydroxylation is 1. The van der Waals surface area contributed by atoms with Crippen LogP contribution in [0.25, 0.3) is 0 Å². The molecule has 1 aromatic carbocycles. The molecule has 1 aliphatic rings. The zero-order chi connectivity index (χ0) is 24.3. The molecule has 0 spiro atoms. The normalized spacial score (nSPS) is 17.7. The third-order valence-corrected chi connectivity index (χ3v) is 5.20. The molecule has 0 aliphatic carbocycles. The number of carbonyl (C=O) groups excluding carboxylic acids is 2. The number of carbonyl (C=O) groups is 4. The number of benzene rings is 1. The number of aromatic nitrogens is 2. The molecule has 13 nitrogen and oxygen atoms in total. The predicted molar refractivity (Wildman–Crippen MR) is 112 cm³/mol. The van der Waals surface area contributed by atoms with Crippen molar-refractivity contribution in [3.63, 3.8) is 0 Å². The van der Waals surface area contributed by atoms with Gasteiger partial charge in [0.15, 0.2) is 5.60 Å². The number of aliphatic hydroxyl groups is 1. The molecule has 8 N–H and O–H groups in total. The monoisotopic (exact) mass is 459 g/mol. The van der Waals surface area contributed by atoms with Gasteiger partial charge in [0.2, 0.25) is 5.95 Å². The van der Waals surface area contributed by atoms with E-state index in [1.807, 2.05) is 0 Å². The molecule has 0 fully saturated rings. The van der Waals surface area contributed by atoms with Gasteiger partial charge in [-0.2, -0.15) is 4.98 Å². The minimum atomic E-state index is -2.11. The van der Waals surface area contributed by atoms with Crippen LogP contribution in [0.4, 0.5) is 11.8 Å². The highest BCUT2D eigenvalue weighted by Gasteiger charge is 2.48. The van der Waals surface area contributed by atoms with Crippen molar-refractivity contribution < 1.29 is 34.5 Å². The van der Waals surface area contributed by atoms with Crippen molar-refractivity contribution in [2.45, 2.75) is 37.3 Å². The van der Waals surface area contributed by atoms with Gasteiger partial charge in [0.1, 0.15) is 17.4 Å². The highest BCUT2D eigenvalue weighted by molar-refractivity contribution is 6.03. The van der Waals surface area contributed by atoms with E-state index in [9.17, 15) is 29.1 Å². The molecule has 2 atom stereocenters. The first-order valence-electron chi connectivity index (χ1n) is 9.79. The van der Waals surface area contributed by atoms with E-state index in [-0.39, 0.29) is 42.2 Å². The van der Waals surface area contributed by atoms with Gasteiger partial charge < -0.3 is 31.7 Å². The van der Waals surface area contributed by atoms with Gasteiger partial charge in [-0.1, -0.05) is 12.1 Å². The Morgan fingerprint density at radius 3 is 2.42 bits per heavy atom. The fraction of sp³-hybridized carbons (Fsp3) is 0.300. The maximum Gasteiger partial charge on any atom is 0.326 e. The number of carboxylic acid groups (broad SMARTS) is 2. The molecule has 0 saturated heterocycles. The number of nitrogens with one attached hydrogen (secondary N) is 3. The van der Waals surface area contributed by atoms with Gasteiger partial charge in [-0.05, 0) is 37.0 Å². The molecule has 2 aromatic rings. The number of aromatic amines is 1. The Bertz CT molecular complexity index is 1180. The number of nitrogens with two attached hydrogens (primary N) is 1. The van der Waals surface area contributed by atoms with Crippen LogP contribution in [0.1, 0.15) is 40.7 Å². The van der Waals surface area contributed by atoms with Crippen LogP contribution in [-0.4, -0.2) is 55.1 Å². The third-order valence-electron chi connectivity index (χ3n) is 5.20. The fourth-order valence-electron chi connectivity index (χ4n) is 3.44. The summed E-state index contributed by atoms with van der Waals surface area (Å²) in [6.07, 6.45) is -0.676. The summed E-state index contributed by atoms with van der Waals surface area (Å²) in [5, 5.41) is 33.3. The molecule has 33 heavy (non-hydrogen) atoms. The van der Waals surface area contributed by atoms with Crippen LogP contribution >= 0.6 is 0 Å². The van der Waals surface area contributed by atoms with Crippen molar-refractivity contribution in [2.24, 2.45) is 0 Å². The molecule has 2 heterocycles. The Labute approximate surface area is 185 Å². The Morgan fingerprint density at radius 1 is 1.15 bits per heavy atom. The van der Waals surface area contributed by atoms with Crippen LogP contribution < -0.4 is 21.9 Å². The molecule has 13 heteroatoms. The summed E-state index contributed by atoms with van der Waals surface area (Å²) in [4.78, 5) is 64.7. The number of amides is 2. The van der Waals surface area contributed by atoms with Crippen LogP contribution in [0.5, 0.6) is 0 Å². The molecule has 0 saturated carbocycles. The Kier molecular flexibility index (Phi) is 6.44. The van der Waals surface area contributed by atoms with Crippen molar-refractivity contribution >= 4 is 35.5 Å². The largest absolute Gasteiger partial charge is 0.481 e. The summed E-state index contributed by atoms with van der Waals surface area (Å²) in [5.41, 5.74) is 3.15. The average molecular weight is 459 g/mol. The molecular weight excluding hydrogens is 438 g/mol. The molecule has 0 unspecified atom stereocenters. The van der Waals surface area contributed by atoms with E-state index in [1.165, 1.54) is 12.1 Å². The second-order valence-electron chi connectivity index (χ2n) is 7.48. The Balaban J connectivity index is 1.68. The standard InChI is InChI=1S/C20H21N5O8/c21-19-24-14-13(16(29)25-19)20(33,18(32)23-14)8-7-9-1-3-10(4-2-9)15(28)22-11(17(30)31)5-6-12(26)27/h1-4,11,33H,5-8H2,(H,22,28)(H,26,27)(H,30,31)(H4,21,23,24,25,29,32)/t11-,20-/m0/s1. The number of carboxylic acids is 2.